The predicted molar refractivity (Wildman–Crippen MR) is 66.3 cm³/mol. The zero-order valence-corrected chi connectivity index (χ0v) is 11.3. The Balaban J connectivity index is 1.99. The lowest BCUT2D eigenvalue weighted by atomic mass is 9.60. The average Bonchev–Trinajstić information content (AvgIpc) is 2.64. The van der Waals surface area contributed by atoms with Gasteiger partial charge in [0.15, 0.2) is 0 Å². The van der Waals surface area contributed by atoms with Gasteiger partial charge in [0.2, 0.25) is 0 Å². The lowest BCUT2D eigenvalue weighted by Crippen LogP contribution is -2.40. The molecule has 3 fully saturated rings. The summed E-state index contributed by atoms with van der Waals surface area (Å²) >= 11 is 0. The van der Waals surface area contributed by atoms with Crippen molar-refractivity contribution < 1.29 is 4.74 Å². The van der Waals surface area contributed by atoms with Crippen LogP contribution in [-0.4, -0.2) is 11.7 Å². The molecule has 0 aromatic heterocycles. The highest BCUT2D eigenvalue weighted by atomic mass is 16.5. The minimum Gasteiger partial charge on any atom is -0.371 e. The van der Waals surface area contributed by atoms with Gasteiger partial charge in [0.05, 0.1) is 11.7 Å². The minimum atomic E-state index is 0.218. The van der Waals surface area contributed by atoms with Crippen LogP contribution in [0.1, 0.15) is 59.8 Å². The van der Waals surface area contributed by atoms with Crippen LogP contribution in [0.3, 0.4) is 0 Å². The second-order valence-electron chi connectivity index (χ2n) is 7.30. The summed E-state index contributed by atoms with van der Waals surface area (Å²) in [5.74, 6) is 2.58. The molecule has 0 radical (unpaired) electrons. The molecular formula is C15H26O. The first-order chi connectivity index (χ1) is 7.47. The van der Waals surface area contributed by atoms with Crippen LogP contribution in [0.25, 0.3) is 0 Å². The zero-order valence-electron chi connectivity index (χ0n) is 11.3. The second-order valence-corrected chi connectivity index (χ2v) is 7.30. The summed E-state index contributed by atoms with van der Waals surface area (Å²) in [6.45, 7) is 9.53. The van der Waals surface area contributed by atoms with Crippen molar-refractivity contribution in [2.75, 3.05) is 0 Å². The average molecular weight is 222 g/mol. The maximum Gasteiger partial charge on any atom is 0.0665 e. The van der Waals surface area contributed by atoms with Crippen LogP contribution in [0.2, 0.25) is 0 Å². The molecule has 0 N–H and O–H groups in total. The van der Waals surface area contributed by atoms with Gasteiger partial charge >= 0.3 is 0 Å². The Morgan fingerprint density at radius 1 is 1.19 bits per heavy atom. The maximum absolute atomic E-state index is 6.49. The molecule has 0 aromatic rings. The van der Waals surface area contributed by atoms with Gasteiger partial charge in [0.25, 0.3) is 0 Å². The molecule has 3 aliphatic rings. The summed E-state index contributed by atoms with van der Waals surface area (Å²) in [4.78, 5) is 0. The monoisotopic (exact) mass is 222 g/mol. The maximum atomic E-state index is 6.49. The second kappa shape index (κ2) is 3.25. The Morgan fingerprint density at radius 3 is 2.62 bits per heavy atom. The molecule has 2 aliphatic carbocycles. The molecule has 0 aromatic carbocycles. The summed E-state index contributed by atoms with van der Waals surface area (Å²) in [7, 11) is 0. The summed E-state index contributed by atoms with van der Waals surface area (Å²) in [5.41, 5.74) is 0.774. The molecule has 2 bridgehead atoms. The van der Waals surface area contributed by atoms with E-state index in [0.29, 0.717) is 17.4 Å². The third-order valence-electron chi connectivity index (χ3n) is 5.76. The number of hydrogen-bond acceptors (Lipinski definition) is 1. The van der Waals surface area contributed by atoms with E-state index in [9.17, 15) is 0 Å². The van der Waals surface area contributed by atoms with Crippen LogP contribution < -0.4 is 0 Å². The van der Waals surface area contributed by atoms with Crippen LogP contribution in [0, 0.1) is 23.2 Å². The Bertz CT molecular complexity index is 298. The van der Waals surface area contributed by atoms with Crippen molar-refractivity contribution in [3.05, 3.63) is 0 Å². The molecule has 92 valence electrons. The van der Waals surface area contributed by atoms with E-state index in [1.54, 1.807) is 0 Å². The number of hydrogen-bond donors (Lipinski definition) is 0. The number of fused-ring (bicyclic) bond motifs is 1. The van der Waals surface area contributed by atoms with Crippen molar-refractivity contribution in [1.29, 1.82) is 0 Å². The largest absolute Gasteiger partial charge is 0.371 e. The normalized spacial score (nSPS) is 55.7. The van der Waals surface area contributed by atoms with E-state index >= 15 is 0 Å². The highest BCUT2D eigenvalue weighted by molar-refractivity contribution is 5.12. The molecule has 1 heterocycles. The fourth-order valence-corrected chi connectivity index (χ4v) is 5.26. The van der Waals surface area contributed by atoms with E-state index in [0.717, 1.165) is 11.8 Å². The van der Waals surface area contributed by atoms with E-state index in [-0.39, 0.29) is 5.60 Å². The van der Waals surface area contributed by atoms with E-state index in [1.807, 2.05) is 0 Å². The Kier molecular flexibility index (Phi) is 2.25. The van der Waals surface area contributed by atoms with Gasteiger partial charge in [-0.15, -0.1) is 0 Å². The molecular weight excluding hydrogens is 196 g/mol. The SMILES string of the molecule is CC(C)[C@H]1O[C@@]2(C)CC[C@H]3[C@H](C)CC[C@@]13C2. The number of ether oxygens (including phenoxy) is 1. The molecule has 5 atom stereocenters. The Morgan fingerprint density at radius 2 is 1.94 bits per heavy atom. The molecule has 0 amide bonds. The van der Waals surface area contributed by atoms with Crippen molar-refractivity contribution in [2.45, 2.75) is 71.5 Å². The topological polar surface area (TPSA) is 9.23 Å². The van der Waals surface area contributed by atoms with Gasteiger partial charge in [0.1, 0.15) is 0 Å². The molecule has 1 aliphatic heterocycles. The molecule has 16 heavy (non-hydrogen) atoms. The zero-order chi connectivity index (χ0) is 11.6. The van der Waals surface area contributed by atoms with Crippen LogP contribution in [-0.2, 0) is 4.74 Å². The third kappa shape index (κ3) is 1.27. The van der Waals surface area contributed by atoms with Crippen molar-refractivity contribution in [3.8, 4) is 0 Å². The highest BCUT2D eigenvalue weighted by Crippen LogP contribution is 2.65. The van der Waals surface area contributed by atoms with Gasteiger partial charge in [-0.1, -0.05) is 20.8 Å². The van der Waals surface area contributed by atoms with Crippen LogP contribution in [0.4, 0.5) is 0 Å². The fourth-order valence-electron chi connectivity index (χ4n) is 5.26. The first-order valence-electron chi connectivity index (χ1n) is 7.15. The van der Waals surface area contributed by atoms with Crippen molar-refractivity contribution in [1.82, 2.24) is 0 Å². The number of rotatable bonds is 1. The molecule has 2 saturated carbocycles. The molecule has 1 saturated heterocycles. The van der Waals surface area contributed by atoms with E-state index < -0.39 is 0 Å². The van der Waals surface area contributed by atoms with E-state index in [1.165, 1.54) is 32.1 Å². The molecule has 1 spiro atoms. The standard InChI is InChI=1S/C15H26O/c1-10(2)13-15-8-5-11(3)12(15)6-7-14(4,9-15)16-13/h10-13H,5-9H2,1-4H3/t11-,12+,13-,14+,15+/m1/s1. The summed E-state index contributed by atoms with van der Waals surface area (Å²) < 4.78 is 6.49. The summed E-state index contributed by atoms with van der Waals surface area (Å²) in [5, 5.41) is 0. The van der Waals surface area contributed by atoms with Crippen LogP contribution in [0.5, 0.6) is 0 Å². The first-order valence-corrected chi connectivity index (χ1v) is 7.15. The molecule has 1 heteroatoms. The van der Waals surface area contributed by atoms with Gasteiger partial charge < -0.3 is 4.74 Å². The summed E-state index contributed by atoms with van der Waals surface area (Å²) in [6, 6.07) is 0. The Hall–Kier alpha value is -0.0400. The van der Waals surface area contributed by atoms with Gasteiger partial charge in [0, 0.05) is 5.41 Å². The van der Waals surface area contributed by atoms with Crippen molar-refractivity contribution in [2.24, 2.45) is 23.2 Å². The predicted octanol–water partition coefficient (Wildman–Crippen LogP) is 4.02. The quantitative estimate of drug-likeness (QED) is 0.651. The van der Waals surface area contributed by atoms with Crippen molar-refractivity contribution in [3.63, 3.8) is 0 Å². The van der Waals surface area contributed by atoms with Crippen LogP contribution >= 0.6 is 0 Å². The molecule has 3 rings (SSSR count). The minimum absolute atomic E-state index is 0.218. The van der Waals surface area contributed by atoms with Gasteiger partial charge in [-0.25, -0.2) is 0 Å². The lowest BCUT2D eigenvalue weighted by Gasteiger charge is -2.41. The van der Waals surface area contributed by atoms with E-state index in [2.05, 4.69) is 27.7 Å². The van der Waals surface area contributed by atoms with Gasteiger partial charge in [-0.3, -0.25) is 0 Å². The fraction of sp³-hybridized carbons (Fsp3) is 1.00. The Labute approximate surface area is 99.9 Å². The molecule has 1 nitrogen and oxygen atoms in total. The first kappa shape index (κ1) is 11.1. The van der Waals surface area contributed by atoms with Crippen molar-refractivity contribution >= 4 is 0 Å². The molecule has 0 unspecified atom stereocenters. The van der Waals surface area contributed by atoms with Gasteiger partial charge in [-0.05, 0) is 56.8 Å². The lowest BCUT2D eigenvalue weighted by molar-refractivity contribution is -0.0575. The third-order valence-corrected chi connectivity index (χ3v) is 5.76. The smallest absolute Gasteiger partial charge is 0.0665 e. The highest BCUT2D eigenvalue weighted by Gasteiger charge is 2.63. The van der Waals surface area contributed by atoms with E-state index in [4.69, 9.17) is 4.74 Å². The summed E-state index contributed by atoms with van der Waals surface area (Å²) in [6.07, 6.45) is 7.46. The van der Waals surface area contributed by atoms with Crippen LogP contribution in [0.15, 0.2) is 0 Å². The van der Waals surface area contributed by atoms with Gasteiger partial charge in [-0.2, -0.15) is 0 Å².